The van der Waals surface area contributed by atoms with E-state index in [0.717, 1.165) is 18.4 Å². The van der Waals surface area contributed by atoms with E-state index in [1.165, 1.54) is 11.1 Å². The fourth-order valence-electron chi connectivity index (χ4n) is 2.07. The van der Waals surface area contributed by atoms with Gasteiger partial charge in [0.15, 0.2) is 0 Å². The second kappa shape index (κ2) is 6.24. The highest BCUT2D eigenvalue weighted by Crippen LogP contribution is 2.35. The number of pyridine rings is 1. The molecule has 1 aromatic rings. The van der Waals surface area contributed by atoms with Crippen molar-refractivity contribution in [1.82, 2.24) is 4.98 Å². The lowest BCUT2D eigenvalue weighted by Crippen LogP contribution is -2.16. The zero-order valence-electron chi connectivity index (χ0n) is 11.1. The number of fused-ring (bicyclic) bond motifs is 1. The molecule has 0 bridgehead atoms. The number of aromatic nitrogens is 1. The predicted octanol–water partition coefficient (Wildman–Crippen LogP) is 3.37. The smallest absolute Gasteiger partial charge is 0.218 e. The van der Waals surface area contributed by atoms with Crippen LogP contribution in [0, 0.1) is 18.3 Å². The molecule has 0 aliphatic carbocycles. The first-order valence-corrected chi connectivity index (χ1v) is 6.28. The van der Waals surface area contributed by atoms with Crippen molar-refractivity contribution in [3.63, 3.8) is 0 Å². The van der Waals surface area contributed by atoms with Gasteiger partial charge in [0.05, 0.1) is 18.6 Å². The van der Waals surface area contributed by atoms with Crippen molar-refractivity contribution in [3.8, 4) is 11.9 Å². The molecule has 1 atom stereocenters. The number of aryl methyl sites for hydroxylation is 1. The third kappa shape index (κ3) is 2.58. The van der Waals surface area contributed by atoms with Crippen LogP contribution < -0.4 is 4.74 Å². The summed E-state index contributed by atoms with van der Waals surface area (Å²) in [5.74, 6) is 0.607. The third-order valence-corrected chi connectivity index (χ3v) is 2.98. The lowest BCUT2D eigenvalue weighted by molar-refractivity contribution is 0.267. The minimum absolute atomic E-state index is 0.0484. The van der Waals surface area contributed by atoms with Gasteiger partial charge >= 0.3 is 0 Å². The molecule has 1 aliphatic heterocycles. The summed E-state index contributed by atoms with van der Waals surface area (Å²) in [7, 11) is 0. The molecule has 1 aliphatic rings. The van der Waals surface area contributed by atoms with E-state index in [2.05, 4.69) is 24.9 Å². The van der Waals surface area contributed by atoms with Gasteiger partial charge in [-0.2, -0.15) is 5.26 Å². The van der Waals surface area contributed by atoms with Gasteiger partial charge in [-0.15, -0.1) is 0 Å². The van der Waals surface area contributed by atoms with Crippen molar-refractivity contribution in [1.29, 1.82) is 5.26 Å². The number of nitrogens with zero attached hydrogens (tertiary/aromatic N) is 2. The summed E-state index contributed by atoms with van der Waals surface area (Å²) in [4.78, 5) is 4.28. The van der Waals surface area contributed by atoms with Gasteiger partial charge in [-0.05, 0) is 24.5 Å². The fourth-order valence-corrected chi connectivity index (χ4v) is 2.07. The van der Waals surface area contributed by atoms with Gasteiger partial charge in [-0.1, -0.05) is 20.8 Å². The van der Waals surface area contributed by atoms with Crippen LogP contribution in [0.1, 0.15) is 49.8 Å². The van der Waals surface area contributed by atoms with Crippen molar-refractivity contribution in [2.75, 3.05) is 6.61 Å². The third-order valence-electron chi connectivity index (χ3n) is 2.98. The number of hydrogen-bond acceptors (Lipinski definition) is 3. The van der Waals surface area contributed by atoms with Crippen molar-refractivity contribution < 1.29 is 4.74 Å². The average molecular weight is 232 g/mol. The molecule has 0 aromatic carbocycles. The fraction of sp³-hybridized carbons (Fsp3) is 0.571. The van der Waals surface area contributed by atoms with Gasteiger partial charge < -0.3 is 4.74 Å². The van der Waals surface area contributed by atoms with Gasteiger partial charge in [0, 0.05) is 18.2 Å². The molecule has 2 rings (SSSR count). The largest absolute Gasteiger partial charge is 0.477 e. The summed E-state index contributed by atoms with van der Waals surface area (Å²) >= 11 is 0. The minimum Gasteiger partial charge on any atom is -0.477 e. The molecule has 0 fully saturated rings. The molecule has 0 saturated carbocycles. The number of nitriles is 1. The van der Waals surface area contributed by atoms with Crippen molar-refractivity contribution >= 4 is 0 Å². The molecule has 0 saturated heterocycles. The average Bonchev–Trinajstić information content (AvgIpc) is 2.41. The Labute approximate surface area is 103 Å². The topological polar surface area (TPSA) is 45.9 Å². The Morgan fingerprint density at radius 3 is 2.82 bits per heavy atom. The molecular formula is C14H20N2O. The molecule has 17 heavy (non-hydrogen) atoms. The zero-order valence-corrected chi connectivity index (χ0v) is 11.1. The Morgan fingerprint density at radius 1 is 1.53 bits per heavy atom. The molecule has 1 unspecified atom stereocenters. The molecule has 0 N–H and O–H groups in total. The number of rotatable bonds is 1. The SMILES string of the molecule is CC.CCc1cnc2c(c1C)C(C#N)CCO2. The van der Waals surface area contributed by atoms with Gasteiger partial charge in [0.1, 0.15) is 0 Å². The second-order valence-corrected chi connectivity index (χ2v) is 3.80. The molecular weight excluding hydrogens is 212 g/mol. The standard InChI is InChI=1S/C12H14N2O.C2H6/c1-3-9-7-14-12-11(8(9)2)10(6-13)4-5-15-12;1-2/h7,10H,3-5H2,1-2H3;1-2H3. The molecule has 1 aromatic heterocycles. The van der Waals surface area contributed by atoms with Crippen LogP contribution in [-0.4, -0.2) is 11.6 Å². The molecule has 0 spiro atoms. The number of ether oxygens (including phenoxy) is 1. The first kappa shape index (κ1) is 13.5. The van der Waals surface area contributed by atoms with Crippen LogP contribution in [-0.2, 0) is 6.42 Å². The summed E-state index contributed by atoms with van der Waals surface area (Å²) in [6, 6.07) is 2.33. The zero-order chi connectivity index (χ0) is 12.8. The maximum Gasteiger partial charge on any atom is 0.218 e. The Kier molecular flexibility index (Phi) is 4.96. The molecule has 3 heteroatoms. The maximum atomic E-state index is 9.09. The highest BCUT2D eigenvalue weighted by Gasteiger charge is 2.25. The monoisotopic (exact) mass is 232 g/mol. The van der Waals surface area contributed by atoms with E-state index >= 15 is 0 Å². The Balaban J connectivity index is 0.000000686. The second-order valence-electron chi connectivity index (χ2n) is 3.80. The Morgan fingerprint density at radius 2 is 2.24 bits per heavy atom. The summed E-state index contributed by atoms with van der Waals surface area (Å²) in [5.41, 5.74) is 3.39. The summed E-state index contributed by atoms with van der Waals surface area (Å²) in [6.45, 7) is 8.75. The summed E-state index contributed by atoms with van der Waals surface area (Å²) in [6.07, 6.45) is 3.58. The van der Waals surface area contributed by atoms with Gasteiger partial charge in [0.2, 0.25) is 5.88 Å². The van der Waals surface area contributed by atoms with E-state index in [9.17, 15) is 0 Å². The quantitative estimate of drug-likeness (QED) is 0.745. The maximum absolute atomic E-state index is 9.09. The molecule has 2 heterocycles. The highest BCUT2D eigenvalue weighted by molar-refractivity contribution is 5.45. The molecule has 92 valence electrons. The van der Waals surface area contributed by atoms with E-state index in [-0.39, 0.29) is 5.92 Å². The minimum atomic E-state index is -0.0484. The van der Waals surface area contributed by atoms with E-state index < -0.39 is 0 Å². The highest BCUT2D eigenvalue weighted by atomic mass is 16.5. The molecule has 3 nitrogen and oxygen atoms in total. The van der Waals surface area contributed by atoms with Crippen molar-refractivity contribution in [2.45, 2.75) is 46.5 Å². The van der Waals surface area contributed by atoms with Gasteiger partial charge in [0.25, 0.3) is 0 Å². The van der Waals surface area contributed by atoms with Crippen LogP contribution in [0.4, 0.5) is 0 Å². The van der Waals surface area contributed by atoms with Crippen LogP contribution in [0.3, 0.4) is 0 Å². The van der Waals surface area contributed by atoms with Crippen molar-refractivity contribution in [2.24, 2.45) is 0 Å². The van der Waals surface area contributed by atoms with E-state index in [4.69, 9.17) is 10.00 Å². The number of hydrogen-bond donors (Lipinski definition) is 0. The normalized spacial score (nSPS) is 17.0. The van der Waals surface area contributed by atoms with Crippen LogP contribution in [0.25, 0.3) is 0 Å². The molecule has 0 amide bonds. The van der Waals surface area contributed by atoms with Crippen LogP contribution >= 0.6 is 0 Å². The van der Waals surface area contributed by atoms with Gasteiger partial charge in [-0.25, -0.2) is 4.98 Å². The van der Waals surface area contributed by atoms with E-state index in [1.807, 2.05) is 20.0 Å². The van der Waals surface area contributed by atoms with Gasteiger partial charge in [-0.3, -0.25) is 0 Å². The first-order valence-electron chi connectivity index (χ1n) is 6.28. The van der Waals surface area contributed by atoms with Crippen LogP contribution in [0.15, 0.2) is 6.20 Å². The van der Waals surface area contributed by atoms with Crippen molar-refractivity contribution in [3.05, 3.63) is 22.9 Å². The first-order chi connectivity index (χ1) is 8.27. The van der Waals surface area contributed by atoms with E-state index in [0.29, 0.717) is 12.5 Å². The Bertz CT molecular complexity index is 421. The summed E-state index contributed by atoms with van der Waals surface area (Å²) < 4.78 is 5.47. The van der Waals surface area contributed by atoms with Crippen LogP contribution in [0.5, 0.6) is 5.88 Å². The van der Waals surface area contributed by atoms with E-state index in [1.54, 1.807) is 0 Å². The summed E-state index contributed by atoms with van der Waals surface area (Å²) in [5, 5.41) is 9.09. The van der Waals surface area contributed by atoms with Crippen LogP contribution in [0.2, 0.25) is 0 Å². The Hall–Kier alpha value is -1.56. The lowest BCUT2D eigenvalue weighted by atomic mass is 9.90. The lowest BCUT2D eigenvalue weighted by Gasteiger charge is -2.23. The predicted molar refractivity (Wildman–Crippen MR) is 68.2 cm³/mol. The molecule has 0 radical (unpaired) electrons.